The second-order valence-electron chi connectivity index (χ2n) is 5.93. The molecule has 5 nitrogen and oxygen atoms in total. The average molecular weight is 313 g/mol. The molecule has 0 spiro atoms. The van der Waals surface area contributed by atoms with Crippen molar-refractivity contribution in [1.82, 2.24) is 4.90 Å². The summed E-state index contributed by atoms with van der Waals surface area (Å²) in [4.78, 5) is 25.3. The van der Waals surface area contributed by atoms with Crippen LogP contribution in [0.4, 0.5) is 0 Å². The minimum Gasteiger partial charge on any atom is -0.486 e. The summed E-state index contributed by atoms with van der Waals surface area (Å²) in [6.07, 6.45) is 0.334. The molecule has 1 aliphatic rings. The first-order valence-corrected chi connectivity index (χ1v) is 7.61. The molecule has 1 aromatic heterocycles. The van der Waals surface area contributed by atoms with Crippen LogP contribution in [0.5, 0.6) is 5.75 Å². The van der Waals surface area contributed by atoms with E-state index in [0.717, 1.165) is 11.1 Å². The van der Waals surface area contributed by atoms with Crippen LogP contribution in [0.3, 0.4) is 0 Å². The third-order valence-corrected chi connectivity index (χ3v) is 3.81. The Labute approximate surface area is 134 Å². The predicted octanol–water partition coefficient (Wildman–Crippen LogP) is 2.09. The van der Waals surface area contributed by atoms with Crippen LogP contribution in [0.15, 0.2) is 45.6 Å². The summed E-state index contributed by atoms with van der Waals surface area (Å²) in [5.74, 6) is 1.10. The summed E-state index contributed by atoms with van der Waals surface area (Å²) in [5, 5.41) is 0. The van der Waals surface area contributed by atoms with Crippen molar-refractivity contribution in [2.75, 3.05) is 13.1 Å². The summed E-state index contributed by atoms with van der Waals surface area (Å²) in [7, 11) is 0. The summed E-state index contributed by atoms with van der Waals surface area (Å²) < 4.78 is 10.6. The van der Waals surface area contributed by atoms with E-state index in [1.165, 1.54) is 6.07 Å². The van der Waals surface area contributed by atoms with Gasteiger partial charge in [0.25, 0.3) is 0 Å². The van der Waals surface area contributed by atoms with E-state index in [1.54, 1.807) is 17.9 Å². The molecule has 3 rings (SSSR count). The lowest BCUT2D eigenvalue weighted by molar-refractivity contribution is -0.139. The van der Waals surface area contributed by atoms with Crippen LogP contribution < -0.4 is 10.4 Å². The monoisotopic (exact) mass is 313 g/mol. The fourth-order valence-corrected chi connectivity index (χ4v) is 2.66. The Hall–Kier alpha value is -2.56. The molecule has 0 bridgehead atoms. The molecule has 5 heteroatoms. The Morgan fingerprint density at radius 1 is 1.26 bits per heavy atom. The van der Waals surface area contributed by atoms with Gasteiger partial charge in [-0.2, -0.15) is 0 Å². The molecule has 0 aliphatic carbocycles. The molecule has 23 heavy (non-hydrogen) atoms. The van der Waals surface area contributed by atoms with Gasteiger partial charge in [0.1, 0.15) is 17.6 Å². The van der Waals surface area contributed by atoms with E-state index < -0.39 is 5.63 Å². The molecule has 1 amide bonds. The van der Waals surface area contributed by atoms with Crippen molar-refractivity contribution in [1.29, 1.82) is 0 Å². The highest BCUT2D eigenvalue weighted by Crippen LogP contribution is 2.19. The average Bonchev–Trinajstić information content (AvgIpc) is 2.41. The van der Waals surface area contributed by atoms with Crippen LogP contribution in [0.2, 0.25) is 0 Å². The number of carbonyl (C=O) groups excluding carboxylic acids is 1. The fraction of sp³-hybridized carbons (Fsp3) is 0.333. The van der Waals surface area contributed by atoms with Crippen LogP contribution in [0.25, 0.3) is 0 Å². The molecule has 1 aromatic carbocycles. The maximum absolute atomic E-state index is 12.2. The molecule has 1 aliphatic heterocycles. The van der Waals surface area contributed by atoms with E-state index in [0.29, 0.717) is 31.0 Å². The Kier molecular flexibility index (Phi) is 4.19. The molecular weight excluding hydrogens is 294 g/mol. The van der Waals surface area contributed by atoms with E-state index in [2.05, 4.69) is 0 Å². The Bertz CT molecular complexity index is 775. The minimum absolute atomic E-state index is 0.0716. The molecule has 2 heterocycles. The molecule has 1 saturated heterocycles. The quantitative estimate of drug-likeness (QED) is 0.867. The van der Waals surface area contributed by atoms with E-state index in [1.807, 2.05) is 31.2 Å². The lowest BCUT2D eigenvalue weighted by atomic mass is 10.1. The van der Waals surface area contributed by atoms with Crippen molar-refractivity contribution in [2.24, 2.45) is 0 Å². The number of benzene rings is 1. The number of amides is 1. The van der Waals surface area contributed by atoms with Crippen LogP contribution in [-0.4, -0.2) is 30.0 Å². The second-order valence-corrected chi connectivity index (χ2v) is 5.93. The molecule has 0 radical (unpaired) electrons. The molecular formula is C18H19NO4. The lowest BCUT2D eigenvalue weighted by Crippen LogP contribution is -2.56. The summed E-state index contributed by atoms with van der Waals surface area (Å²) in [6.45, 7) is 4.81. The highest BCUT2D eigenvalue weighted by molar-refractivity contribution is 5.79. The number of likely N-dealkylation sites (tertiary alicyclic amines) is 1. The van der Waals surface area contributed by atoms with Crippen molar-refractivity contribution in [3.8, 4) is 5.75 Å². The molecule has 0 atom stereocenters. The Morgan fingerprint density at radius 2 is 2.04 bits per heavy atom. The second kappa shape index (κ2) is 6.28. The Balaban J connectivity index is 1.52. The number of carbonyl (C=O) groups is 1. The van der Waals surface area contributed by atoms with Crippen molar-refractivity contribution in [3.05, 3.63) is 63.7 Å². The summed E-state index contributed by atoms with van der Waals surface area (Å²) in [5.41, 5.74) is 1.75. The SMILES string of the molecule is Cc1cccc(CC(=O)N2CC(Oc3cc(C)oc(=O)c3)C2)c1. The fourth-order valence-electron chi connectivity index (χ4n) is 2.66. The predicted molar refractivity (Wildman–Crippen MR) is 85.6 cm³/mol. The van der Waals surface area contributed by atoms with Gasteiger partial charge < -0.3 is 14.1 Å². The minimum atomic E-state index is -0.424. The smallest absolute Gasteiger partial charge is 0.339 e. The van der Waals surface area contributed by atoms with Crippen molar-refractivity contribution < 1.29 is 13.9 Å². The molecule has 1 fully saturated rings. The van der Waals surface area contributed by atoms with Gasteiger partial charge in [-0.1, -0.05) is 29.8 Å². The van der Waals surface area contributed by atoms with Crippen LogP contribution in [-0.2, 0) is 11.2 Å². The van der Waals surface area contributed by atoms with Crippen molar-refractivity contribution >= 4 is 5.91 Å². The molecule has 0 unspecified atom stereocenters. The number of hydrogen-bond donors (Lipinski definition) is 0. The number of rotatable bonds is 4. The number of ether oxygens (including phenoxy) is 1. The maximum Gasteiger partial charge on any atom is 0.339 e. The standard InChI is InChI=1S/C18H19NO4/c1-12-4-3-5-14(6-12)8-17(20)19-10-16(11-19)23-15-7-13(2)22-18(21)9-15/h3-7,9,16H,8,10-11H2,1-2H3. The van der Waals surface area contributed by atoms with Gasteiger partial charge in [0.05, 0.1) is 25.6 Å². The zero-order valence-electron chi connectivity index (χ0n) is 13.2. The number of hydrogen-bond acceptors (Lipinski definition) is 4. The maximum atomic E-state index is 12.2. The van der Waals surface area contributed by atoms with Gasteiger partial charge >= 0.3 is 5.63 Å². The van der Waals surface area contributed by atoms with Gasteiger partial charge in [-0.15, -0.1) is 0 Å². The van der Waals surface area contributed by atoms with E-state index in [-0.39, 0.29) is 12.0 Å². The van der Waals surface area contributed by atoms with Crippen LogP contribution >= 0.6 is 0 Å². The van der Waals surface area contributed by atoms with E-state index in [9.17, 15) is 9.59 Å². The largest absolute Gasteiger partial charge is 0.486 e. The Morgan fingerprint density at radius 3 is 2.74 bits per heavy atom. The van der Waals surface area contributed by atoms with E-state index >= 15 is 0 Å². The first kappa shape index (κ1) is 15.3. The van der Waals surface area contributed by atoms with Crippen LogP contribution in [0, 0.1) is 13.8 Å². The molecule has 0 saturated carbocycles. The first-order valence-electron chi connectivity index (χ1n) is 7.61. The molecule has 0 N–H and O–H groups in total. The van der Waals surface area contributed by atoms with Gasteiger partial charge in [0, 0.05) is 6.07 Å². The van der Waals surface area contributed by atoms with Crippen molar-refractivity contribution in [2.45, 2.75) is 26.4 Å². The van der Waals surface area contributed by atoms with Gasteiger partial charge in [0.2, 0.25) is 5.91 Å². The van der Waals surface area contributed by atoms with E-state index in [4.69, 9.17) is 9.15 Å². The summed E-state index contributed by atoms with van der Waals surface area (Å²) >= 11 is 0. The molecule has 120 valence electrons. The zero-order valence-corrected chi connectivity index (χ0v) is 13.2. The third kappa shape index (κ3) is 3.80. The molecule has 2 aromatic rings. The van der Waals surface area contributed by atoms with Gasteiger partial charge in [-0.05, 0) is 19.4 Å². The third-order valence-electron chi connectivity index (χ3n) is 3.81. The lowest BCUT2D eigenvalue weighted by Gasteiger charge is -2.39. The first-order chi connectivity index (χ1) is 11.0. The normalized spacial score (nSPS) is 14.4. The van der Waals surface area contributed by atoms with Gasteiger partial charge in [0.15, 0.2) is 0 Å². The van der Waals surface area contributed by atoms with Crippen LogP contribution in [0.1, 0.15) is 16.9 Å². The number of nitrogens with zero attached hydrogens (tertiary/aromatic N) is 1. The number of aryl methyl sites for hydroxylation is 2. The summed E-state index contributed by atoms with van der Waals surface area (Å²) in [6, 6.07) is 11.0. The van der Waals surface area contributed by atoms with Gasteiger partial charge in [-0.25, -0.2) is 4.79 Å². The highest BCUT2D eigenvalue weighted by Gasteiger charge is 2.32. The van der Waals surface area contributed by atoms with Crippen molar-refractivity contribution in [3.63, 3.8) is 0 Å². The highest BCUT2D eigenvalue weighted by atomic mass is 16.5. The topological polar surface area (TPSA) is 59.8 Å². The van der Waals surface area contributed by atoms with Gasteiger partial charge in [-0.3, -0.25) is 4.79 Å². The zero-order chi connectivity index (χ0) is 16.4.